The molecule has 3 rings (SSSR count). The second kappa shape index (κ2) is 10.8. The van der Waals surface area contributed by atoms with E-state index in [9.17, 15) is 17.6 Å². The van der Waals surface area contributed by atoms with Gasteiger partial charge in [0.2, 0.25) is 20.9 Å². The Balaban J connectivity index is 1.95. The number of benzene rings is 1. The van der Waals surface area contributed by atoms with E-state index in [1.165, 1.54) is 24.4 Å². The van der Waals surface area contributed by atoms with E-state index >= 15 is 0 Å². The van der Waals surface area contributed by atoms with Gasteiger partial charge >= 0.3 is 0 Å². The third kappa shape index (κ3) is 6.41. The number of nitrogens with zero attached hydrogens (tertiary/aromatic N) is 3. The van der Waals surface area contributed by atoms with Crippen molar-refractivity contribution in [1.29, 1.82) is 0 Å². The first kappa shape index (κ1) is 25.4. The minimum atomic E-state index is -3.93. The van der Waals surface area contributed by atoms with Crippen LogP contribution in [-0.4, -0.2) is 47.5 Å². The highest BCUT2D eigenvalue weighted by Crippen LogP contribution is 2.24. The SMILES string of the molecule is CC(C)CC(=O)N(Cc1cnc(S(=O)(=O)Cc2ccccc2F)n1CC1CCCO1)C(C)C. The zero-order valence-corrected chi connectivity index (χ0v) is 20.6. The summed E-state index contributed by atoms with van der Waals surface area (Å²) in [5, 5.41) is -0.115. The summed E-state index contributed by atoms with van der Waals surface area (Å²) in [4.78, 5) is 18.8. The van der Waals surface area contributed by atoms with Gasteiger partial charge < -0.3 is 14.2 Å². The van der Waals surface area contributed by atoms with Crippen molar-refractivity contribution in [3.63, 3.8) is 0 Å². The molecule has 1 aliphatic rings. The minimum Gasteiger partial charge on any atom is -0.376 e. The van der Waals surface area contributed by atoms with Gasteiger partial charge in [0.25, 0.3) is 0 Å². The molecule has 0 spiro atoms. The molecule has 9 heteroatoms. The first-order valence-electron chi connectivity index (χ1n) is 11.5. The molecule has 2 heterocycles. The average Bonchev–Trinajstić information content (AvgIpc) is 3.37. The quantitative estimate of drug-likeness (QED) is 0.515. The summed E-state index contributed by atoms with van der Waals surface area (Å²) in [5.41, 5.74) is 0.727. The number of sulfone groups is 1. The van der Waals surface area contributed by atoms with Crippen molar-refractivity contribution < 1.29 is 22.3 Å². The van der Waals surface area contributed by atoms with Crippen molar-refractivity contribution in [3.05, 3.63) is 47.5 Å². The van der Waals surface area contributed by atoms with Gasteiger partial charge in [-0.15, -0.1) is 0 Å². The number of ether oxygens (including phenoxy) is 1. The van der Waals surface area contributed by atoms with Crippen molar-refractivity contribution in [3.8, 4) is 0 Å². The molecule has 7 nitrogen and oxygen atoms in total. The van der Waals surface area contributed by atoms with Crippen LogP contribution in [0.1, 0.15) is 58.2 Å². The van der Waals surface area contributed by atoms with Gasteiger partial charge in [0.05, 0.1) is 36.8 Å². The van der Waals surface area contributed by atoms with Crippen LogP contribution in [0.15, 0.2) is 35.6 Å². The molecule has 1 unspecified atom stereocenters. The molecule has 1 saturated heterocycles. The fraction of sp³-hybridized carbons (Fsp3) is 0.583. The van der Waals surface area contributed by atoms with E-state index in [2.05, 4.69) is 4.98 Å². The van der Waals surface area contributed by atoms with Crippen LogP contribution in [0.4, 0.5) is 4.39 Å². The molecule has 1 aromatic heterocycles. The lowest BCUT2D eigenvalue weighted by Crippen LogP contribution is -2.38. The zero-order valence-electron chi connectivity index (χ0n) is 19.8. The van der Waals surface area contributed by atoms with E-state index in [0.717, 1.165) is 12.8 Å². The number of aromatic nitrogens is 2. The Hall–Kier alpha value is -2.26. The summed E-state index contributed by atoms with van der Waals surface area (Å²) in [5.74, 6) is -0.821. The third-order valence-corrected chi connectivity index (χ3v) is 7.33. The topological polar surface area (TPSA) is 81.5 Å². The van der Waals surface area contributed by atoms with Gasteiger partial charge in [0, 0.05) is 24.6 Å². The molecule has 0 saturated carbocycles. The molecule has 1 fully saturated rings. The maximum absolute atomic E-state index is 14.2. The van der Waals surface area contributed by atoms with Gasteiger partial charge in [-0.25, -0.2) is 17.8 Å². The molecule has 0 bridgehead atoms. The fourth-order valence-electron chi connectivity index (χ4n) is 4.04. The molecule has 1 aliphatic heterocycles. The molecular weight excluding hydrogens is 445 g/mol. The summed E-state index contributed by atoms with van der Waals surface area (Å²) in [6, 6.07) is 5.79. The van der Waals surface area contributed by atoms with Gasteiger partial charge in [0.15, 0.2) is 0 Å². The van der Waals surface area contributed by atoms with E-state index in [-0.39, 0.29) is 41.2 Å². The predicted octanol–water partition coefficient (Wildman–Crippen LogP) is 3.96. The van der Waals surface area contributed by atoms with Gasteiger partial charge in [-0.1, -0.05) is 32.0 Å². The largest absolute Gasteiger partial charge is 0.376 e. The van der Waals surface area contributed by atoms with Crippen molar-refractivity contribution in [2.75, 3.05) is 6.61 Å². The fourth-order valence-corrected chi connectivity index (χ4v) is 5.55. The first-order chi connectivity index (χ1) is 15.6. The number of halogens is 1. The van der Waals surface area contributed by atoms with Crippen LogP contribution in [0.2, 0.25) is 0 Å². The van der Waals surface area contributed by atoms with Gasteiger partial charge in [0.1, 0.15) is 5.82 Å². The van der Waals surface area contributed by atoms with E-state index < -0.39 is 21.4 Å². The summed E-state index contributed by atoms with van der Waals surface area (Å²) < 4.78 is 48.1. The van der Waals surface area contributed by atoms with Gasteiger partial charge in [-0.3, -0.25) is 4.79 Å². The Morgan fingerprint density at radius 3 is 2.61 bits per heavy atom. The van der Waals surface area contributed by atoms with E-state index in [4.69, 9.17) is 4.74 Å². The van der Waals surface area contributed by atoms with Crippen molar-refractivity contribution in [1.82, 2.24) is 14.5 Å². The van der Waals surface area contributed by atoms with Crippen molar-refractivity contribution >= 4 is 15.7 Å². The van der Waals surface area contributed by atoms with E-state index in [0.29, 0.717) is 25.3 Å². The number of carbonyl (C=O) groups excluding carboxylic acids is 1. The Morgan fingerprint density at radius 2 is 2.00 bits per heavy atom. The Labute approximate surface area is 195 Å². The summed E-state index contributed by atoms with van der Waals surface area (Å²) in [7, 11) is -3.93. The van der Waals surface area contributed by atoms with Crippen LogP contribution in [0.3, 0.4) is 0 Å². The molecular formula is C24H34FN3O4S. The minimum absolute atomic E-state index is 0.0145. The maximum Gasteiger partial charge on any atom is 0.228 e. The second-order valence-corrected chi connectivity index (χ2v) is 11.2. The van der Waals surface area contributed by atoms with Crippen molar-refractivity contribution in [2.45, 2.75) is 83.1 Å². The molecule has 0 N–H and O–H groups in total. The average molecular weight is 480 g/mol. The lowest BCUT2D eigenvalue weighted by molar-refractivity contribution is -0.134. The van der Waals surface area contributed by atoms with Crippen LogP contribution < -0.4 is 0 Å². The molecule has 182 valence electrons. The van der Waals surface area contributed by atoms with Crippen LogP contribution in [-0.2, 0) is 38.2 Å². The van der Waals surface area contributed by atoms with Crippen LogP contribution in [0.25, 0.3) is 0 Å². The first-order valence-corrected chi connectivity index (χ1v) is 13.1. The molecule has 0 aliphatic carbocycles. The Kier molecular flexibility index (Phi) is 8.28. The highest BCUT2D eigenvalue weighted by atomic mass is 32.2. The molecule has 1 atom stereocenters. The number of hydrogen-bond acceptors (Lipinski definition) is 5. The number of hydrogen-bond donors (Lipinski definition) is 0. The summed E-state index contributed by atoms with van der Waals surface area (Å²) in [6.45, 7) is 9.07. The van der Waals surface area contributed by atoms with Gasteiger partial charge in [-0.2, -0.15) is 0 Å². The lowest BCUT2D eigenvalue weighted by Gasteiger charge is -2.28. The monoisotopic (exact) mass is 479 g/mol. The van der Waals surface area contributed by atoms with Crippen LogP contribution in [0.5, 0.6) is 0 Å². The zero-order chi connectivity index (χ0) is 24.2. The molecule has 2 aromatic rings. The van der Waals surface area contributed by atoms with Crippen LogP contribution in [0, 0.1) is 11.7 Å². The molecule has 0 radical (unpaired) electrons. The maximum atomic E-state index is 14.2. The predicted molar refractivity (Wildman–Crippen MR) is 124 cm³/mol. The Bertz CT molecular complexity index is 1060. The standard InChI is InChI=1S/C24H34FN3O4S/c1-17(2)12-23(29)27(18(3)4)14-20-13-26-24(28(20)15-21-9-7-11-32-21)33(30,31)16-19-8-5-6-10-22(19)25/h5-6,8,10,13,17-18,21H,7,9,11-12,14-16H2,1-4H3. The summed E-state index contributed by atoms with van der Waals surface area (Å²) >= 11 is 0. The Morgan fingerprint density at radius 1 is 1.27 bits per heavy atom. The molecule has 1 aromatic carbocycles. The highest BCUT2D eigenvalue weighted by Gasteiger charge is 2.29. The third-order valence-electron chi connectivity index (χ3n) is 5.75. The van der Waals surface area contributed by atoms with Gasteiger partial charge in [-0.05, 0) is 38.7 Å². The second-order valence-electron chi connectivity index (χ2n) is 9.34. The molecule has 33 heavy (non-hydrogen) atoms. The lowest BCUT2D eigenvalue weighted by atomic mass is 10.1. The smallest absolute Gasteiger partial charge is 0.228 e. The van der Waals surface area contributed by atoms with Crippen molar-refractivity contribution in [2.24, 2.45) is 5.92 Å². The van der Waals surface area contributed by atoms with Crippen LogP contribution >= 0.6 is 0 Å². The number of rotatable bonds is 10. The normalized spacial score (nSPS) is 16.6. The highest BCUT2D eigenvalue weighted by molar-refractivity contribution is 7.90. The van der Waals surface area contributed by atoms with E-state index in [1.54, 1.807) is 15.5 Å². The van der Waals surface area contributed by atoms with E-state index in [1.807, 2.05) is 27.7 Å². The molecule has 1 amide bonds. The number of carbonyl (C=O) groups is 1. The number of amides is 1. The summed E-state index contributed by atoms with van der Waals surface area (Å²) in [6.07, 6.45) is 3.54. The number of imidazole rings is 1.